The molecular weight excluding hydrogens is 386 g/mol. The molecule has 0 unspecified atom stereocenters. The van der Waals surface area contributed by atoms with Gasteiger partial charge in [0.2, 0.25) is 11.2 Å². The fraction of sp³-hybridized carbons (Fsp3) is 0.387. The quantitative estimate of drug-likeness (QED) is 0.295. The second kappa shape index (κ2) is 8.03. The van der Waals surface area contributed by atoms with Crippen LogP contribution in [0.2, 0.25) is 0 Å². The number of benzene rings is 3. The van der Waals surface area contributed by atoms with Gasteiger partial charge < -0.3 is 0 Å². The van der Waals surface area contributed by atoms with E-state index in [0.29, 0.717) is 0 Å². The number of rotatable bonds is 3. The molecule has 32 heavy (non-hydrogen) atoms. The molecule has 1 nitrogen and oxygen atoms in total. The summed E-state index contributed by atoms with van der Waals surface area (Å²) in [6.07, 6.45) is 11.0. The van der Waals surface area contributed by atoms with Crippen molar-refractivity contribution in [2.24, 2.45) is 7.05 Å². The van der Waals surface area contributed by atoms with Crippen molar-refractivity contribution in [3.05, 3.63) is 77.4 Å². The lowest BCUT2D eigenvalue weighted by Gasteiger charge is -2.18. The van der Waals surface area contributed by atoms with Gasteiger partial charge >= 0.3 is 0 Å². The molecule has 0 atom stereocenters. The zero-order valence-electron chi connectivity index (χ0n) is 19.5. The van der Waals surface area contributed by atoms with E-state index < -0.39 is 0 Å². The van der Waals surface area contributed by atoms with Crippen LogP contribution < -0.4 is 4.57 Å². The molecule has 0 aliphatic heterocycles. The first-order valence-corrected chi connectivity index (χ1v) is 12.7. The summed E-state index contributed by atoms with van der Waals surface area (Å²) in [4.78, 5) is 0. The average Bonchev–Trinajstić information content (AvgIpc) is 3.53. The van der Waals surface area contributed by atoms with Gasteiger partial charge in [-0.15, -0.1) is 0 Å². The Labute approximate surface area is 192 Å². The lowest BCUT2D eigenvalue weighted by atomic mass is 9.87. The minimum Gasteiger partial charge on any atom is -0.194 e. The summed E-state index contributed by atoms with van der Waals surface area (Å²) in [5.74, 6) is 1.50. The summed E-state index contributed by atoms with van der Waals surface area (Å²) >= 11 is 0. The van der Waals surface area contributed by atoms with Crippen molar-refractivity contribution < 1.29 is 4.57 Å². The number of fused-ring (bicyclic) bond motifs is 2. The number of hydrogen-bond acceptors (Lipinski definition) is 0. The van der Waals surface area contributed by atoms with E-state index in [9.17, 15) is 0 Å². The smallest absolute Gasteiger partial charge is 0.194 e. The van der Waals surface area contributed by atoms with Gasteiger partial charge in [0, 0.05) is 23.1 Å². The maximum Gasteiger partial charge on any atom is 0.213 e. The maximum absolute atomic E-state index is 2.61. The first-order valence-electron chi connectivity index (χ1n) is 12.7. The van der Waals surface area contributed by atoms with E-state index in [1.54, 1.807) is 11.1 Å². The third-order valence-corrected chi connectivity index (χ3v) is 8.33. The Morgan fingerprint density at radius 2 is 1.38 bits per heavy atom. The highest BCUT2D eigenvalue weighted by molar-refractivity contribution is 5.89. The van der Waals surface area contributed by atoms with Crippen LogP contribution in [0, 0.1) is 6.92 Å². The van der Waals surface area contributed by atoms with Crippen LogP contribution in [0.1, 0.15) is 79.9 Å². The van der Waals surface area contributed by atoms with Crippen LogP contribution in [-0.2, 0) is 7.05 Å². The lowest BCUT2D eigenvalue weighted by molar-refractivity contribution is -0.633. The third-order valence-electron chi connectivity index (χ3n) is 8.33. The minimum atomic E-state index is 0.743. The molecule has 6 rings (SSSR count). The zero-order chi connectivity index (χ0) is 21.7. The molecule has 2 saturated carbocycles. The van der Waals surface area contributed by atoms with Crippen molar-refractivity contribution in [3.8, 4) is 11.3 Å². The van der Waals surface area contributed by atoms with Crippen molar-refractivity contribution >= 4 is 21.7 Å². The van der Waals surface area contributed by atoms with Gasteiger partial charge in [-0.3, -0.25) is 0 Å². The van der Waals surface area contributed by atoms with Crippen LogP contribution in [-0.4, -0.2) is 0 Å². The van der Waals surface area contributed by atoms with Crippen LogP contribution in [0.3, 0.4) is 0 Å². The van der Waals surface area contributed by atoms with Crippen molar-refractivity contribution in [1.82, 2.24) is 0 Å². The number of pyridine rings is 1. The molecule has 0 N–H and O–H groups in total. The molecule has 1 heterocycles. The Kier molecular flexibility index (Phi) is 5.01. The van der Waals surface area contributed by atoms with Crippen LogP contribution in [0.4, 0.5) is 0 Å². The van der Waals surface area contributed by atoms with Gasteiger partial charge in [-0.05, 0) is 84.0 Å². The number of hydrogen-bond donors (Lipinski definition) is 0. The fourth-order valence-corrected chi connectivity index (χ4v) is 6.52. The second-order valence-corrected chi connectivity index (χ2v) is 10.3. The molecule has 0 spiro atoms. The van der Waals surface area contributed by atoms with E-state index >= 15 is 0 Å². The predicted molar refractivity (Wildman–Crippen MR) is 135 cm³/mol. The van der Waals surface area contributed by atoms with E-state index in [0.717, 1.165) is 11.8 Å². The summed E-state index contributed by atoms with van der Waals surface area (Å²) in [6.45, 7) is 2.25. The summed E-state index contributed by atoms with van der Waals surface area (Å²) < 4.78 is 2.48. The van der Waals surface area contributed by atoms with E-state index in [1.807, 2.05) is 0 Å². The first kappa shape index (κ1) is 20.0. The lowest BCUT2D eigenvalue weighted by Crippen LogP contribution is -2.32. The highest BCUT2D eigenvalue weighted by Crippen LogP contribution is 2.42. The van der Waals surface area contributed by atoms with Crippen LogP contribution >= 0.6 is 0 Å². The Bertz CT molecular complexity index is 1300. The van der Waals surface area contributed by atoms with Crippen molar-refractivity contribution in [1.29, 1.82) is 0 Å². The van der Waals surface area contributed by atoms with E-state index in [2.05, 4.69) is 79.2 Å². The topological polar surface area (TPSA) is 3.88 Å². The molecule has 0 amide bonds. The molecule has 2 fully saturated rings. The van der Waals surface area contributed by atoms with Crippen LogP contribution in [0.25, 0.3) is 32.9 Å². The van der Waals surface area contributed by atoms with Gasteiger partial charge in [-0.1, -0.05) is 62.1 Å². The first-order chi connectivity index (χ1) is 15.7. The molecule has 2 aliphatic rings. The summed E-state index contributed by atoms with van der Waals surface area (Å²) in [5.41, 5.74) is 8.66. The fourth-order valence-electron chi connectivity index (χ4n) is 6.52. The molecule has 2 aliphatic carbocycles. The summed E-state index contributed by atoms with van der Waals surface area (Å²) in [6, 6.07) is 23.4. The maximum atomic E-state index is 2.61. The zero-order valence-corrected chi connectivity index (χ0v) is 19.5. The second-order valence-electron chi connectivity index (χ2n) is 10.3. The van der Waals surface area contributed by atoms with Crippen LogP contribution in [0.5, 0.6) is 0 Å². The highest BCUT2D eigenvalue weighted by Gasteiger charge is 2.27. The van der Waals surface area contributed by atoms with Gasteiger partial charge in [0.25, 0.3) is 0 Å². The average molecular weight is 421 g/mol. The number of aromatic nitrogens is 1. The van der Waals surface area contributed by atoms with Crippen molar-refractivity contribution in [3.63, 3.8) is 0 Å². The minimum absolute atomic E-state index is 0.743. The molecule has 1 aromatic heterocycles. The van der Waals surface area contributed by atoms with Gasteiger partial charge in [-0.2, -0.15) is 4.57 Å². The molecule has 3 aromatic carbocycles. The largest absolute Gasteiger partial charge is 0.213 e. The van der Waals surface area contributed by atoms with Gasteiger partial charge in [0.1, 0.15) is 7.05 Å². The molecule has 4 aromatic rings. The molecule has 0 radical (unpaired) electrons. The molecule has 162 valence electrons. The summed E-state index contributed by atoms with van der Waals surface area (Å²) in [7, 11) is 2.28. The molecular formula is C31H34N+. The van der Waals surface area contributed by atoms with Gasteiger partial charge in [0.05, 0.1) is 0 Å². The van der Waals surface area contributed by atoms with Crippen molar-refractivity contribution in [2.45, 2.75) is 70.1 Å². The number of aryl methyl sites for hydroxylation is 2. The van der Waals surface area contributed by atoms with E-state index in [-0.39, 0.29) is 0 Å². The Hall–Kier alpha value is -2.67. The molecule has 0 bridgehead atoms. The monoisotopic (exact) mass is 420 g/mol. The SMILES string of the molecule is Cc1cc2ccccc2cc1-c1ccc2c(C3CCCC3)cc(C3CCCC3)cc2[n+]1C. The van der Waals surface area contributed by atoms with E-state index in [4.69, 9.17) is 0 Å². The standard InChI is InChI=1S/C31H34N/c1-21-17-24-13-7-8-14-25(24)18-28(21)30-16-15-27-29(23-11-5-6-12-23)19-26(20-31(27)32(30)2)22-9-3-4-10-22/h7-8,13-20,22-23H,3-6,9-12H2,1-2H3/q+1. The third kappa shape index (κ3) is 3.34. The van der Waals surface area contributed by atoms with E-state index in [1.165, 1.54) is 89.9 Å². The molecule has 0 saturated heterocycles. The van der Waals surface area contributed by atoms with Crippen LogP contribution in [0.15, 0.2) is 60.7 Å². The summed E-state index contributed by atoms with van der Waals surface area (Å²) in [5, 5.41) is 4.12. The normalized spacial score (nSPS) is 17.7. The number of nitrogens with zero attached hydrogens (tertiary/aromatic N) is 1. The Balaban J connectivity index is 1.57. The Morgan fingerprint density at radius 3 is 2.09 bits per heavy atom. The predicted octanol–water partition coefficient (Wildman–Crippen LogP) is 8.11. The van der Waals surface area contributed by atoms with Gasteiger partial charge in [0.15, 0.2) is 0 Å². The van der Waals surface area contributed by atoms with Gasteiger partial charge in [-0.25, -0.2) is 0 Å². The highest BCUT2D eigenvalue weighted by atomic mass is 14.9. The van der Waals surface area contributed by atoms with Crippen molar-refractivity contribution in [2.75, 3.05) is 0 Å². The molecule has 1 heteroatoms. The Morgan fingerprint density at radius 1 is 0.719 bits per heavy atom.